The number of hydrogen-bond acceptors (Lipinski definition) is 2. The fraction of sp³-hybridized carbons (Fsp3) is 0.412. The van der Waals surface area contributed by atoms with Crippen molar-refractivity contribution in [3.05, 3.63) is 102 Å². The number of carbonyl (C=O) groups is 1. The van der Waals surface area contributed by atoms with Crippen LogP contribution in [0.1, 0.15) is 87.1 Å². The van der Waals surface area contributed by atoms with Crippen molar-refractivity contribution in [2.24, 2.45) is 0 Å². The van der Waals surface area contributed by atoms with Gasteiger partial charge < -0.3 is 9.47 Å². The van der Waals surface area contributed by atoms with E-state index in [1.165, 1.54) is 49.7 Å². The number of fused-ring (bicyclic) bond motifs is 1. The lowest BCUT2D eigenvalue weighted by Crippen LogP contribution is -2.50. The molecule has 0 N–H and O–H groups in total. The smallest absolute Gasteiger partial charge is 0.243 e. The van der Waals surface area contributed by atoms with E-state index < -0.39 is 0 Å². The van der Waals surface area contributed by atoms with Gasteiger partial charge in [0.2, 0.25) is 5.91 Å². The summed E-state index contributed by atoms with van der Waals surface area (Å²) in [6.07, 6.45) is 12.2. The Balaban J connectivity index is 1.43. The molecule has 4 nitrogen and oxygen atoms in total. The van der Waals surface area contributed by atoms with E-state index in [4.69, 9.17) is 4.98 Å². The molecule has 0 saturated heterocycles. The molecule has 3 aromatic carbocycles. The zero-order valence-corrected chi connectivity index (χ0v) is 22.3. The van der Waals surface area contributed by atoms with E-state index in [0.717, 1.165) is 42.5 Å². The summed E-state index contributed by atoms with van der Waals surface area (Å²) in [4.78, 5) is 21.9. The topological polar surface area (TPSA) is 38.1 Å². The van der Waals surface area contributed by atoms with Gasteiger partial charge in [-0.1, -0.05) is 111 Å². The summed E-state index contributed by atoms with van der Waals surface area (Å²) in [5.74, 6) is 1.17. The first-order chi connectivity index (χ1) is 18.8. The summed E-state index contributed by atoms with van der Waals surface area (Å²) in [6.45, 7) is 0.346. The van der Waals surface area contributed by atoms with Gasteiger partial charge in [-0.05, 0) is 48.9 Å². The van der Waals surface area contributed by atoms with Crippen LogP contribution in [0.5, 0.6) is 0 Å². The molecule has 1 heterocycles. The number of para-hydroxylation sites is 2. The van der Waals surface area contributed by atoms with Crippen molar-refractivity contribution in [3.8, 4) is 0 Å². The Morgan fingerprint density at radius 2 is 1.21 bits per heavy atom. The fourth-order valence-corrected chi connectivity index (χ4v) is 6.90. The highest BCUT2D eigenvalue weighted by Gasteiger charge is 2.34. The second-order valence-corrected chi connectivity index (χ2v) is 11.2. The minimum atomic E-state index is -0.0459. The van der Waals surface area contributed by atoms with Gasteiger partial charge in [-0.25, -0.2) is 4.98 Å². The highest BCUT2D eigenvalue weighted by Crippen LogP contribution is 2.35. The molecule has 1 amide bonds. The number of aromatic nitrogens is 2. The maximum Gasteiger partial charge on any atom is 0.243 e. The van der Waals surface area contributed by atoms with E-state index in [2.05, 4.69) is 88.3 Å². The first kappa shape index (κ1) is 24.9. The Bertz CT molecular complexity index is 1280. The Morgan fingerprint density at radius 1 is 0.711 bits per heavy atom. The molecule has 0 aliphatic heterocycles. The van der Waals surface area contributed by atoms with Crippen molar-refractivity contribution < 1.29 is 4.79 Å². The van der Waals surface area contributed by atoms with Crippen LogP contribution < -0.4 is 0 Å². The Hall–Kier alpha value is -3.40. The molecule has 4 heteroatoms. The lowest BCUT2D eigenvalue weighted by molar-refractivity contribution is -0.138. The van der Waals surface area contributed by atoms with Crippen LogP contribution in [0.4, 0.5) is 0 Å². The van der Waals surface area contributed by atoms with E-state index in [0.29, 0.717) is 18.6 Å². The first-order valence-corrected chi connectivity index (χ1v) is 14.7. The zero-order valence-electron chi connectivity index (χ0n) is 22.3. The van der Waals surface area contributed by atoms with Crippen molar-refractivity contribution >= 4 is 16.9 Å². The van der Waals surface area contributed by atoms with Gasteiger partial charge >= 0.3 is 0 Å². The monoisotopic (exact) mass is 505 g/mol. The second-order valence-electron chi connectivity index (χ2n) is 11.2. The predicted molar refractivity (Wildman–Crippen MR) is 154 cm³/mol. The van der Waals surface area contributed by atoms with Gasteiger partial charge in [0.05, 0.1) is 17.0 Å². The van der Waals surface area contributed by atoms with Gasteiger partial charge in [0, 0.05) is 12.1 Å². The van der Waals surface area contributed by atoms with Crippen LogP contribution in [0.3, 0.4) is 0 Å². The van der Waals surface area contributed by atoms with Gasteiger partial charge in [-0.2, -0.15) is 0 Å². The van der Waals surface area contributed by atoms with E-state index in [9.17, 15) is 4.79 Å². The summed E-state index contributed by atoms with van der Waals surface area (Å²) < 4.78 is 2.22. The first-order valence-electron chi connectivity index (χ1n) is 14.7. The SMILES string of the molecule is O=C(Cn1c(C(c2ccccc2)c2ccccc2)nc2ccccc21)N(C1CCCCC1)C1CCCCC1. The van der Waals surface area contributed by atoms with Crippen LogP contribution in [0, 0.1) is 0 Å². The maximum absolute atomic E-state index is 14.4. The lowest BCUT2D eigenvalue weighted by atomic mass is 9.88. The maximum atomic E-state index is 14.4. The minimum Gasteiger partial charge on any atom is -0.335 e. The Labute approximate surface area is 226 Å². The number of amides is 1. The third-order valence-corrected chi connectivity index (χ3v) is 8.73. The number of nitrogens with zero attached hydrogens (tertiary/aromatic N) is 3. The molecule has 196 valence electrons. The number of hydrogen-bond donors (Lipinski definition) is 0. The molecule has 4 aromatic rings. The Morgan fingerprint density at radius 3 is 1.76 bits per heavy atom. The summed E-state index contributed by atoms with van der Waals surface area (Å²) in [6, 6.07) is 30.3. The van der Waals surface area contributed by atoms with E-state index in [1.807, 2.05) is 6.07 Å². The van der Waals surface area contributed by atoms with E-state index >= 15 is 0 Å². The third kappa shape index (κ3) is 5.14. The van der Waals surface area contributed by atoms with Crippen molar-refractivity contribution in [3.63, 3.8) is 0 Å². The lowest BCUT2D eigenvalue weighted by Gasteiger charge is -2.42. The molecule has 1 aromatic heterocycles. The molecule has 0 spiro atoms. The minimum absolute atomic E-state index is 0.0459. The van der Waals surface area contributed by atoms with Crippen molar-refractivity contribution in [1.29, 1.82) is 0 Å². The highest BCUT2D eigenvalue weighted by atomic mass is 16.2. The van der Waals surface area contributed by atoms with Gasteiger partial charge in [0.1, 0.15) is 12.4 Å². The van der Waals surface area contributed by atoms with Crippen LogP contribution in [0.25, 0.3) is 11.0 Å². The molecule has 0 unspecified atom stereocenters. The largest absolute Gasteiger partial charge is 0.335 e. The van der Waals surface area contributed by atoms with Crippen LogP contribution in [-0.2, 0) is 11.3 Å². The third-order valence-electron chi connectivity index (χ3n) is 8.73. The summed E-state index contributed by atoms with van der Waals surface area (Å²) in [5, 5.41) is 0. The number of imidazole rings is 1. The van der Waals surface area contributed by atoms with E-state index in [1.54, 1.807) is 0 Å². The molecule has 2 saturated carbocycles. The summed E-state index contributed by atoms with van der Waals surface area (Å²) in [7, 11) is 0. The molecule has 0 bridgehead atoms. The molecule has 0 radical (unpaired) electrons. The number of carbonyl (C=O) groups excluding carboxylic acids is 1. The van der Waals surface area contributed by atoms with Crippen molar-refractivity contribution in [2.45, 2.75) is 88.8 Å². The average Bonchev–Trinajstić information content (AvgIpc) is 3.33. The normalized spacial score (nSPS) is 17.2. The molecular weight excluding hydrogens is 466 g/mol. The average molecular weight is 506 g/mol. The molecule has 2 aliphatic carbocycles. The Kier molecular flexibility index (Phi) is 7.57. The highest BCUT2D eigenvalue weighted by molar-refractivity contribution is 5.82. The fourth-order valence-electron chi connectivity index (χ4n) is 6.90. The number of benzene rings is 3. The van der Waals surface area contributed by atoms with Crippen LogP contribution in [0.15, 0.2) is 84.9 Å². The van der Waals surface area contributed by atoms with Crippen molar-refractivity contribution in [1.82, 2.24) is 14.5 Å². The number of rotatable bonds is 7. The van der Waals surface area contributed by atoms with Gasteiger partial charge in [-0.15, -0.1) is 0 Å². The molecule has 38 heavy (non-hydrogen) atoms. The van der Waals surface area contributed by atoms with Crippen LogP contribution in [-0.4, -0.2) is 32.4 Å². The molecule has 2 fully saturated rings. The summed E-state index contributed by atoms with van der Waals surface area (Å²) >= 11 is 0. The second kappa shape index (κ2) is 11.6. The van der Waals surface area contributed by atoms with Gasteiger partial charge in [0.25, 0.3) is 0 Å². The molecule has 2 aliphatic rings. The van der Waals surface area contributed by atoms with Crippen molar-refractivity contribution in [2.75, 3.05) is 0 Å². The van der Waals surface area contributed by atoms with Gasteiger partial charge in [-0.3, -0.25) is 4.79 Å². The standard InChI is InChI=1S/C34H39N3O/c38-32(37(28-19-9-3-10-20-28)29-21-11-4-12-22-29)25-36-31-24-14-13-23-30(31)35-34(36)33(26-15-5-1-6-16-26)27-17-7-2-8-18-27/h1-2,5-8,13-18,23-24,28-29,33H,3-4,9-12,19-22,25H2. The van der Waals surface area contributed by atoms with Gasteiger partial charge in [0.15, 0.2) is 0 Å². The molecule has 6 rings (SSSR count). The summed E-state index contributed by atoms with van der Waals surface area (Å²) in [5.41, 5.74) is 4.38. The van der Waals surface area contributed by atoms with E-state index in [-0.39, 0.29) is 11.8 Å². The quantitative estimate of drug-likeness (QED) is 0.258. The van der Waals surface area contributed by atoms with Crippen LogP contribution >= 0.6 is 0 Å². The molecule has 0 atom stereocenters. The molecular formula is C34H39N3O. The zero-order chi connectivity index (χ0) is 25.7. The van der Waals surface area contributed by atoms with Crippen LogP contribution in [0.2, 0.25) is 0 Å². The predicted octanol–water partition coefficient (Wildman–Crippen LogP) is 7.71.